The number of nitrogens with zero attached hydrogens (tertiary/aromatic N) is 2. The van der Waals surface area contributed by atoms with Gasteiger partial charge in [0.15, 0.2) is 0 Å². The second-order valence-corrected chi connectivity index (χ2v) is 6.97. The van der Waals surface area contributed by atoms with Gasteiger partial charge in [0.2, 0.25) is 5.88 Å². The highest BCUT2D eigenvalue weighted by molar-refractivity contribution is 6.06. The van der Waals surface area contributed by atoms with Crippen LogP contribution in [0.3, 0.4) is 0 Å². The van der Waals surface area contributed by atoms with Gasteiger partial charge in [-0.2, -0.15) is 0 Å². The summed E-state index contributed by atoms with van der Waals surface area (Å²) in [6.45, 7) is 0.776. The lowest BCUT2D eigenvalue weighted by atomic mass is 9.71. The van der Waals surface area contributed by atoms with Gasteiger partial charge in [0, 0.05) is 24.0 Å². The summed E-state index contributed by atoms with van der Waals surface area (Å²) in [7, 11) is 5.63. The van der Waals surface area contributed by atoms with E-state index < -0.39 is 0 Å². The van der Waals surface area contributed by atoms with Gasteiger partial charge in [0.1, 0.15) is 0 Å². The molecule has 1 saturated carbocycles. The van der Waals surface area contributed by atoms with Crippen LogP contribution in [-0.2, 0) is 4.74 Å². The number of pyridine rings is 1. The Morgan fingerprint density at radius 1 is 1.36 bits per heavy atom. The van der Waals surface area contributed by atoms with E-state index in [4.69, 9.17) is 9.47 Å². The Morgan fingerprint density at radius 3 is 2.92 bits per heavy atom. The number of amides is 1. The monoisotopic (exact) mass is 341 g/mol. The maximum absolute atomic E-state index is 13.0. The van der Waals surface area contributed by atoms with Gasteiger partial charge in [-0.15, -0.1) is 0 Å². The number of methoxy groups -OCH3 is 1. The topological polar surface area (TPSA) is 63.7 Å². The van der Waals surface area contributed by atoms with Crippen LogP contribution >= 0.6 is 0 Å². The Bertz CT molecular complexity index is 808. The van der Waals surface area contributed by atoms with Gasteiger partial charge in [0.05, 0.1) is 36.4 Å². The molecule has 2 heterocycles. The van der Waals surface area contributed by atoms with E-state index >= 15 is 0 Å². The molecule has 0 spiro atoms. The molecule has 6 nitrogen and oxygen atoms in total. The molecular weight excluding hydrogens is 318 g/mol. The number of nitrogens with one attached hydrogen (secondary N) is 1. The summed E-state index contributed by atoms with van der Waals surface area (Å²) >= 11 is 0. The molecule has 1 aliphatic heterocycles. The van der Waals surface area contributed by atoms with Crippen LogP contribution in [-0.4, -0.2) is 61.8 Å². The number of rotatable bonds is 4. The third-order valence-electron chi connectivity index (χ3n) is 5.39. The van der Waals surface area contributed by atoms with Crippen LogP contribution in [0.1, 0.15) is 16.8 Å². The number of fused-ring (bicyclic) bond motifs is 2. The molecule has 25 heavy (non-hydrogen) atoms. The molecule has 2 aliphatic rings. The first-order chi connectivity index (χ1) is 12.1. The minimum absolute atomic E-state index is 0.0842. The van der Waals surface area contributed by atoms with Crippen molar-refractivity contribution in [3.63, 3.8) is 0 Å². The number of aromatic nitrogens is 1. The molecule has 4 atom stereocenters. The molecule has 0 unspecified atom stereocenters. The van der Waals surface area contributed by atoms with Gasteiger partial charge >= 0.3 is 0 Å². The molecule has 4 rings (SSSR count). The lowest BCUT2D eigenvalue weighted by Gasteiger charge is -2.50. The van der Waals surface area contributed by atoms with Gasteiger partial charge in [0.25, 0.3) is 5.91 Å². The van der Waals surface area contributed by atoms with Gasteiger partial charge in [-0.3, -0.25) is 4.79 Å². The summed E-state index contributed by atoms with van der Waals surface area (Å²) in [6.07, 6.45) is 1.23. The molecule has 1 N–H and O–H groups in total. The van der Waals surface area contributed by atoms with Crippen molar-refractivity contribution in [3.05, 3.63) is 35.9 Å². The van der Waals surface area contributed by atoms with E-state index in [9.17, 15) is 4.79 Å². The molecule has 1 aromatic heterocycles. The SMILES string of the molecule is COc1cc(C(=O)N[C@H]2[C@H]3CCO[C@H]3[C@@H]2N(C)C)c2ccccc2n1. The predicted molar refractivity (Wildman–Crippen MR) is 94.9 cm³/mol. The van der Waals surface area contributed by atoms with Gasteiger partial charge in [-0.25, -0.2) is 4.98 Å². The van der Waals surface area contributed by atoms with Gasteiger partial charge in [-0.1, -0.05) is 18.2 Å². The lowest BCUT2D eigenvalue weighted by Crippen LogP contribution is -2.69. The highest BCUT2D eigenvalue weighted by Gasteiger charge is 2.55. The van der Waals surface area contributed by atoms with Crippen LogP contribution in [0.4, 0.5) is 0 Å². The quantitative estimate of drug-likeness (QED) is 0.917. The number of para-hydroxylation sites is 1. The zero-order valence-corrected chi connectivity index (χ0v) is 14.7. The highest BCUT2D eigenvalue weighted by atomic mass is 16.5. The zero-order valence-electron chi connectivity index (χ0n) is 14.7. The van der Waals surface area contributed by atoms with Crippen LogP contribution in [0.25, 0.3) is 10.9 Å². The zero-order chi connectivity index (χ0) is 17.6. The minimum atomic E-state index is -0.0842. The fourth-order valence-electron chi connectivity index (χ4n) is 4.16. The maximum atomic E-state index is 13.0. The first kappa shape index (κ1) is 16.3. The van der Waals surface area contributed by atoms with Crippen molar-refractivity contribution in [2.45, 2.75) is 24.6 Å². The van der Waals surface area contributed by atoms with Crippen LogP contribution in [0, 0.1) is 5.92 Å². The average Bonchev–Trinajstić information content (AvgIpc) is 3.01. The second kappa shape index (κ2) is 6.28. The highest BCUT2D eigenvalue weighted by Crippen LogP contribution is 2.41. The molecule has 132 valence electrons. The number of ether oxygens (including phenoxy) is 2. The Balaban J connectivity index is 1.64. The van der Waals surface area contributed by atoms with Crippen molar-refractivity contribution in [2.24, 2.45) is 5.92 Å². The summed E-state index contributed by atoms with van der Waals surface area (Å²) in [5.74, 6) is 0.758. The van der Waals surface area contributed by atoms with Crippen LogP contribution in [0.5, 0.6) is 5.88 Å². The first-order valence-electron chi connectivity index (χ1n) is 8.63. The average molecular weight is 341 g/mol. The number of carbonyl (C=O) groups excluding carboxylic acids is 1. The molecule has 1 saturated heterocycles. The van der Waals surface area contributed by atoms with E-state index in [0.717, 1.165) is 23.9 Å². The largest absolute Gasteiger partial charge is 0.481 e. The molecule has 1 aromatic carbocycles. The maximum Gasteiger partial charge on any atom is 0.252 e. The molecule has 2 fully saturated rings. The molecule has 1 aliphatic carbocycles. The molecule has 2 aromatic rings. The van der Waals surface area contributed by atoms with Crippen molar-refractivity contribution in [1.82, 2.24) is 15.2 Å². The van der Waals surface area contributed by atoms with Gasteiger partial charge < -0.3 is 19.7 Å². The first-order valence-corrected chi connectivity index (χ1v) is 8.63. The summed E-state index contributed by atoms with van der Waals surface area (Å²) in [5, 5.41) is 4.07. The number of hydrogen-bond acceptors (Lipinski definition) is 5. The van der Waals surface area contributed by atoms with E-state index in [-0.39, 0.29) is 24.1 Å². The van der Waals surface area contributed by atoms with Crippen molar-refractivity contribution in [3.8, 4) is 5.88 Å². The molecule has 0 radical (unpaired) electrons. The summed E-state index contributed by atoms with van der Waals surface area (Å²) in [4.78, 5) is 19.6. The van der Waals surface area contributed by atoms with Gasteiger partial charge in [-0.05, 0) is 26.6 Å². The number of likely N-dealkylation sites (N-methyl/N-ethyl adjacent to an activating group) is 1. The van der Waals surface area contributed by atoms with E-state index in [0.29, 0.717) is 17.4 Å². The Morgan fingerprint density at radius 2 is 2.16 bits per heavy atom. The number of hydrogen-bond donors (Lipinski definition) is 1. The number of benzene rings is 1. The van der Waals surface area contributed by atoms with Crippen LogP contribution in [0.2, 0.25) is 0 Å². The van der Waals surface area contributed by atoms with Crippen molar-refractivity contribution in [2.75, 3.05) is 27.8 Å². The fourth-order valence-corrected chi connectivity index (χ4v) is 4.16. The Kier molecular flexibility index (Phi) is 4.09. The minimum Gasteiger partial charge on any atom is -0.481 e. The Hall–Kier alpha value is -2.18. The predicted octanol–water partition coefficient (Wildman–Crippen LogP) is 1.69. The van der Waals surface area contributed by atoms with Crippen LogP contribution < -0.4 is 10.1 Å². The van der Waals surface area contributed by atoms with Crippen molar-refractivity contribution < 1.29 is 14.3 Å². The molecule has 6 heteroatoms. The molecular formula is C19H23N3O3. The number of carbonyl (C=O) groups is 1. The van der Waals surface area contributed by atoms with Crippen molar-refractivity contribution >= 4 is 16.8 Å². The standard InChI is InChI=1S/C19H23N3O3/c1-22(2)17-16(12-8-9-25-18(12)17)21-19(23)13-10-15(24-3)20-14-7-5-4-6-11(13)14/h4-7,10,12,16-18H,8-9H2,1-3H3,(H,21,23)/t12-,16+,17-,18-/m1/s1. The molecule has 1 amide bonds. The third kappa shape index (κ3) is 2.65. The smallest absolute Gasteiger partial charge is 0.252 e. The normalized spacial score (nSPS) is 27.8. The summed E-state index contributed by atoms with van der Waals surface area (Å²) in [6, 6.07) is 9.66. The lowest BCUT2D eigenvalue weighted by molar-refractivity contribution is -0.0664. The summed E-state index contributed by atoms with van der Waals surface area (Å²) in [5.41, 5.74) is 1.36. The summed E-state index contributed by atoms with van der Waals surface area (Å²) < 4.78 is 11.1. The molecule has 0 bridgehead atoms. The second-order valence-electron chi connectivity index (χ2n) is 6.97. The fraction of sp³-hybridized carbons (Fsp3) is 0.474. The van der Waals surface area contributed by atoms with E-state index in [1.165, 1.54) is 0 Å². The Labute approximate surface area is 147 Å². The third-order valence-corrected chi connectivity index (χ3v) is 5.39. The van der Waals surface area contributed by atoms with Crippen molar-refractivity contribution in [1.29, 1.82) is 0 Å². The van der Waals surface area contributed by atoms with E-state index in [1.54, 1.807) is 13.2 Å². The van der Waals surface area contributed by atoms with E-state index in [2.05, 4.69) is 15.2 Å². The van der Waals surface area contributed by atoms with Crippen LogP contribution in [0.15, 0.2) is 30.3 Å². The van der Waals surface area contributed by atoms with E-state index in [1.807, 2.05) is 38.4 Å².